The number of hydrogen-bond acceptors (Lipinski definition) is 4. The van der Waals surface area contributed by atoms with Crippen LogP contribution in [-0.2, 0) is 17.8 Å². The Hall–Kier alpha value is -3.38. The molecule has 0 fully saturated rings. The van der Waals surface area contributed by atoms with Crippen LogP contribution in [0.1, 0.15) is 41.5 Å². The summed E-state index contributed by atoms with van der Waals surface area (Å²) in [4.78, 5) is 30.8. The van der Waals surface area contributed by atoms with E-state index in [9.17, 15) is 14.7 Å². The predicted octanol–water partition coefficient (Wildman–Crippen LogP) is 4.40. The molecule has 0 bridgehead atoms. The fourth-order valence-corrected chi connectivity index (χ4v) is 4.50. The van der Waals surface area contributed by atoms with Gasteiger partial charge in [0.1, 0.15) is 5.69 Å². The number of aromatic nitrogens is 2. The third-order valence-electron chi connectivity index (χ3n) is 6.07. The summed E-state index contributed by atoms with van der Waals surface area (Å²) in [5, 5.41) is 16.2. The Balaban J connectivity index is 1.76. The fourth-order valence-electron chi connectivity index (χ4n) is 4.20. The summed E-state index contributed by atoms with van der Waals surface area (Å²) < 4.78 is 1.59. The van der Waals surface area contributed by atoms with Gasteiger partial charge in [-0.25, -0.2) is 4.85 Å². The van der Waals surface area contributed by atoms with Gasteiger partial charge in [0.25, 0.3) is 5.91 Å². The van der Waals surface area contributed by atoms with E-state index in [0.29, 0.717) is 32.7 Å². The lowest BCUT2D eigenvalue weighted by atomic mass is 9.95. The molecular weight excluding hydrogens is 489 g/mol. The molecule has 0 aliphatic carbocycles. The van der Waals surface area contributed by atoms with Gasteiger partial charge in [0, 0.05) is 12.1 Å². The SMILES string of the molecule is [C-]#[N+]c1ccc(CC(=O)N2Cc3c(C(N)=O)c(-c4ccc(Cl)c(Cl)c4)nn3C(C(C)(C)O)C2)cc1. The normalized spacial score (nSPS) is 15.4. The number of carbonyl (C=O) groups excluding carboxylic acids is 2. The number of amides is 2. The molecule has 1 aromatic heterocycles. The van der Waals surface area contributed by atoms with Gasteiger partial charge < -0.3 is 15.7 Å². The van der Waals surface area contributed by atoms with Crippen molar-refractivity contribution < 1.29 is 14.7 Å². The van der Waals surface area contributed by atoms with Crippen molar-refractivity contribution in [3.63, 3.8) is 0 Å². The highest BCUT2D eigenvalue weighted by Gasteiger charge is 2.40. The van der Waals surface area contributed by atoms with Gasteiger partial charge in [0.2, 0.25) is 5.91 Å². The summed E-state index contributed by atoms with van der Waals surface area (Å²) in [5.74, 6) is -0.889. The monoisotopic (exact) mass is 511 g/mol. The minimum atomic E-state index is -1.26. The summed E-state index contributed by atoms with van der Waals surface area (Å²) >= 11 is 12.2. The Morgan fingerprint density at radius 2 is 1.89 bits per heavy atom. The zero-order valence-corrected chi connectivity index (χ0v) is 20.6. The number of benzene rings is 2. The van der Waals surface area contributed by atoms with Crippen LogP contribution in [0.5, 0.6) is 0 Å². The van der Waals surface area contributed by atoms with Gasteiger partial charge in [-0.1, -0.05) is 53.5 Å². The second-order valence-corrected chi connectivity index (χ2v) is 9.82. The van der Waals surface area contributed by atoms with Gasteiger partial charge in [-0.15, -0.1) is 0 Å². The number of carbonyl (C=O) groups is 2. The molecule has 0 saturated carbocycles. The van der Waals surface area contributed by atoms with Gasteiger partial charge in [0.05, 0.1) is 52.5 Å². The van der Waals surface area contributed by atoms with E-state index < -0.39 is 17.6 Å². The zero-order chi connectivity index (χ0) is 25.5. The van der Waals surface area contributed by atoms with E-state index in [0.717, 1.165) is 5.56 Å². The lowest BCUT2D eigenvalue weighted by Gasteiger charge is -2.39. The first kappa shape index (κ1) is 24.7. The third-order valence-corrected chi connectivity index (χ3v) is 6.81. The number of primary amides is 1. The van der Waals surface area contributed by atoms with E-state index in [4.69, 9.17) is 35.5 Å². The average Bonchev–Trinajstić information content (AvgIpc) is 3.19. The largest absolute Gasteiger partial charge is 0.388 e. The molecule has 35 heavy (non-hydrogen) atoms. The lowest BCUT2D eigenvalue weighted by Crippen LogP contribution is -2.49. The van der Waals surface area contributed by atoms with Gasteiger partial charge in [-0.05, 0) is 31.5 Å². The van der Waals surface area contributed by atoms with Crippen LogP contribution >= 0.6 is 23.2 Å². The van der Waals surface area contributed by atoms with Crippen LogP contribution in [-0.4, -0.2) is 43.7 Å². The standard InChI is InChI=1S/C25H23Cl2N5O3/c1-25(2,35)20-13-31(21(33)10-14-4-7-16(29-3)8-5-14)12-19-22(24(28)34)23(30-32(19)20)15-6-9-17(26)18(27)11-15/h4-9,11,20,35H,10,12-13H2,1-2H3,(H2,28,34). The number of hydrogen-bond donors (Lipinski definition) is 2. The molecule has 1 aliphatic rings. The maximum atomic E-state index is 13.3. The van der Waals surface area contributed by atoms with Crippen LogP contribution in [0.15, 0.2) is 42.5 Å². The molecule has 4 rings (SSSR count). The van der Waals surface area contributed by atoms with Crippen molar-refractivity contribution >= 4 is 40.7 Å². The molecule has 0 radical (unpaired) electrons. The van der Waals surface area contributed by atoms with Crippen molar-refractivity contribution in [2.24, 2.45) is 5.73 Å². The second-order valence-electron chi connectivity index (χ2n) is 9.01. The van der Waals surface area contributed by atoms with E-state index >= 15 is 0 Å². The first-order valence-electron chi connectivity index (χ1n) is 10.8. The minimum Gasteiger partial charge on any atom is -0.388 e. The van der Waals surface area contributed by atoms with Gasteiger partial charge >= 0.3 is 0 Å². The molecule has 1 unspecified atom stereocenters. The predicted molar refractivity (Wildman–Crippen MR) is 133 cm³/mol. The van der Waals surface area contributed by atoms with Crippen LogP contribution in [0.4, 0.5) is 5.69 Å². The molecule has 2 aromatic carbocycles. The van der Waals surface area contributed by atoms with E-state index in [2.05, 4.69) is 9.94 Å². The van der Waals surface area contributed by atoms with Crippen LogP contribution in [0.3, 0.4) is 0 Å². The van der Waals surface area contributed by atoms with Crippen molar-refractivity contribution in [3.8, 4) is 11.3 Å². The van der Waals surface area contributed by atoms with Gasteiger partial charge in [0.15, 0.2) is 5.69 Å². The number of aliphatic hydroxyl groups is 1. The molecule has 0 spiro atoms. The Bertz CT molecular complexity index is 1350. The molecule has 3 N–H and O–H groups in total. The molecule has 180 valence electrons. The molecule has 1 aliphatic heterocycles. The van der Waals surface area contributed by atoms with Crippen molar-refractivity contribution in [2.45, 2.75) is 38.5 Å². The van der Waals surface area contributed by atoms with Crippen LogP contribution in [0.25, 0.3) is 16.1 Å². The van der Waals surface area contributed by atoms with Gasteiger partial charge in [-0.3, -0.25) is 14.3 Å². The summed E-state index contributed by atoms with van der Waals surface area (Å²) in [6.45, 7) is 10.6. The van der Waals surface area contributed by atoms with E-state index in [1.165, 1.54) is 0 Å². The Labute approximate surface area is 212 Å². The number of nitrogens with two attached hydrogens (primary N) is 1. The van der Waals surface area contributed by atoms with Crippen molar-refractivity contribution in [1.82, 2.24) is 14.7 Å². The molecule has 8 nitrogen and oxygen atoms in total. The Kier molecular flexibility index (Phi) is 6.60. The van der Waals surface area contributed by atoms with Crippen molar-refractivity contribution in [1.29, 1.82) is 0 Å². The number of fused-ring (bicyclic) bond motifs is 1. The maximum Gasteiger partial charge on any atom is 0.252 e. The first-order chi connectivity index (χ1) is 16.5. The van der Waals surface area contributed by atoms with Crippen LogP contribution < -0.4 is 5.73 Å². The highest BCUT2D eigenvalue weighted by atomic mass is 35.5. The van der Waals surface area contributed by atoms with Crippen LogP contribution in [0.2, 0.25) is 10.0 Å². The average molecular weight is 512 g/mol. The molecule has 2 heterocycles. The molecular formula is C25H23Cl2N5O3. The van der Waals surface area contributed by atoms with Crippen LogP contribution in [0, 0.1) is 6.57 Å². The Morgan fingerprint density at radius 1 is 1.20 bits per heavy atom. The van der Waals surface area contributed by atoms with E-state index in [1.54, 1.807) is 65.9 Å². The lowest BCUT2D eigenvalue weighted by molar-refractivity contribution is -0.134. The smallest absolute Gasteiger partial charge is 0.252 e. The maximum absolute atomic E-state index is 13.3. The topological polar surface area (TPSA) is 106 Å². The molecule has 0 saturated heterocycles. The molecule has 2 amide bonds. The van der Waals surface area contributed by atoms with Crippen molar-refractivity contribution in [2.75, 3.05) is 6.54 Å². The zero-order valence-electron chi connectivity index (χ0n) is 19.1. The minimum absolute atomic E-state index is 0.0954. The quantitative estimate of drug-likeness (QED) is 0.495. The summed E-state index contributed by atoms with van der Waals surface area (Å²) in [6, 6.07) is 11.1. The number of halogens is 2. The Morgan fingerprint density at radius 3 is 2.46 bits per heavy atom. The molecule has 1 atom stereocenters. The van der Waals surface area contributed by atoms with E-state index in [1.807, 2.05) is 0 Å². The summed E-state index contributed by atoms with van der Waals surface area (Å²) in [7, 11) is 0. The third kappa shape index (κ3) is 4.89. The first-order valence-corrected chi connectivity index (χ1v) is 11.6. The van der Waals surface area contributed by atoms with E-state index in [-0.39, 0.29) is 31.0 Å². The highest BCUT2D eigenvalue weighted by Crippen LogP contribution is 2.37. The number of nitrogens with zero attached hydrogens (tertiary/aromatic N) is 4. The fraction of sp³-hybridized carbons (Fsp3) is 0.280. The molecule has 10 heteroatoms. The van der Waals surface area contributed by atoms with Crippen molar-refractivity contribution in [3.05, 3.63) is 80.7 Å². The summed E-state index contributed by atoms with van der Waals surface area (Å²) in [6.07, 6.45) is 0.108. The highest BCUT2D eigenvalue weighted by molar-refractivity contribution is 6.42. The van der Waals surface area contributed by atoms with Gasteiger partial charge in [-0.2, -0.15) is 5.10 Å². The second kappa shape index (κ2) is 9.34. The molecule has 3 aromatic rings. The number of rotatable bonds is 5. The summed E-state index contributed by atoms with van der Waals surface area (Å²) in [5.41, 5.74) is 7.22.